The summed E-state index contributed by atoms with van der Waals surface area (Å²) in [6.07, 6.45) is 2.65. The summed E-state index contributed by atoms with van der Waals surface area (Å²) in [7, 11) is -1.52. The van der Waals surface area contributed by atoms with Gasteiger partial charge in [0.05, 0.1) is 4.90 Å². The molecular weight excluding hydrogens is 416 g/mol. The summed E-state index contributed by atoms with van der Waals surface area (Å²) in [6.45, 7) is 2.01. The molecule has 0 unspecified atom stereocenters. The lowest BCUT2D eigenvalue weighted by Crippen LogP contribution is -2.20. The predicted molar refractivity (Wildman–Crippen MR) is 123 cm³/mol. The van der Waals surface area contributed by atoms with Crippen LogP contribution in [0.25, 0.3) is 0 Å². The smallest absolute Gasteiger partial charge is 0.261 e. The topological polar surface area (TPSA) is 49.4 Å². The first-order valence-corrected chi connectivity index (χ1v) is 11.9. The third-order valence-electron chi connectivity index (χ3n) is 5.54. The highest BCUT2D eigenvalue weighted by atomic mass is 35.5. The van der Waals surface area contributed by atoms with Gasteiger partial charge in [-0.15, -0.1) is 0 Å². The zero-order valence-corrected chi connectivity index (χ0v) is 18.5. The molecule has 30 heavy (non-hydrogen) atoms. The van der Waals surface area contributed by atoms with Crippen LogP contribution in [-0.4, -0.2) is 33.5 Å². The van der Waals surface area contributed by atoms with Gasteiger partial charge < -0.3 is 4.90 Å². The second-order valence-electron chi connectivity index (χ2n) is 7.84. The SMILES string of the molecule is CN1CCc2ccc(NS(=O)(=O)c3ccc(Cc4ccc(Cl)cc4)cc3)cc2CC1. The Balaban J connectivity index is 1.48. The normalized spacial score (nSPS) is 14.7. The predicted octanol–water partition coefficient (Wildman–Crippen LogP) is 4.76. The first kappa shape index (κ1) is 20.9. The average molecular weight is 441 g/mol. The molecule has 0 bridgehead atoms. The van der Waals surface area contributed by atoms with Crippen molar-refractivity contribution in [1.29, 1.82) is 0 Å². The monoisotopic (exact) mass is 440 g/mol. The van der Waals surface area contributed by atoms with E-state index < -0.39 is 10.0 Å². The van der Waals surface area contributed by atoms with Crippen molar-refractivity contribution >= 4 is 27.3 Å². The molecule has 0 amide bonds. The fourth-order valence-corrected chi connectivity index (χ4v) is 4.91. The van der Waals surface area contributed by atoms with E-state index in [1.165, 1.54) is 11.1 Å². The van der Waals surface area contributed by atoms with Gasteiger partial charge in [0.15, 0.2) is 0 Å². The van der Waals surface area contributed by atoms with Gasteiger partial charge in [-0.1, -0.05) is 41.9 Å². The molecule has 0 spiro atoms. The fraction of sp³-hybridized carbons (Fsp3) is 0.250. The molecular formula is C24H25ClN2O2S. The Morgan fingerprint density at radius 2 is 1.47 bits per heavy atom. The molecule has 4 rings (SSSR count). The molecule has 0 aliphatic carbocycles. The number of halogens is 1. The molecule has 0 saturated carbocycles. The van der Waals surface area contributed by atoms with E-state index in [9.17, 15) is 8.42 Å². The van der Waals surface area contributed by atoms with Crippen molar-refractivity contribution in [2.45, 2.75) is 24.2 Å². The molecule has 1 N–H and O–H groups in total. The maximum absolute atomic E-state index is 12.9. The van der Waals surface area contributed by atoms with Crippen LogP contribution in [0.15, 0.2) is 71.6 Å². The molecule has 156 valence electrons. The number of sulfonamides is 1. The standard InChI is InChI=1S/C24H25ClN2O2S/c1-27-14-12-20-6-9-23(17-21(20)13-15-27)26-30(28,29)24-10-4-19(5-11-24)16-18-2-7-22(25)8-3-18/h2-11,17,26H,12-16H2,1H3. The van der Waals surface area contributed by atoms with Gasteiger partial charge in [-0.2, -0.15) is 0 Å². The number of nitrogens with one attached hydrogen (secondary N) is 1. The van der Waals surface area contributed by atoms with E-state index in [4.69, 9.17) is 11.6 Å². The van der Waals surface area contributed by atoms with Crippen LogP contribution in [0.4, 0.5) is 5.69 Å². The number of likely N-dealkylation sites (N-methyl/N-ethyl adjacent to an activating group) is 1. The number of nitrogens with zero attached hydrogens (tertiary/aromatic N) is 1. The molecule has 0 saturated heterocycles. The van der Waals surface area contributed by atoms with Crippen LogP contribution in [0.5, 0.6) is 0 Å². The van der Waals surface area contributed by atoms with Crippen molar-refractivity contribution in [2.24, 2.45) is 0 Å². The molecule has 1 aliphatic rings. The molecule has 0 aromatic heterocycles. The maximum atomic E-state index is 12.9. The third kappa shape index (κ3) is 5.04. The van der Waals surface area contributed by atoms with Gasteiger partial charge in [0.1, 0.15) is 0 Å². The number of benzene rings is 3. The summed E-state index contributed by atoms with van der Waals surface area (Å²) in [5, 5.41) is 0.705. The molecule has 1 aliphatic heterocycles. The summed E-state index contributed by atoms with van der Waals surface area (Å²) in [4.78, 5) is 2.56. The van der Waals surface area contributed by atoms with Crippen LogP contribution in [0.3, 0.4) is 0 Å². The Morgan fingerprint density at radius 3 is 2.13 bits per heavy atom. The Bertz CT molecular complexity index is 1130. The van der Waals surface area contributed by atoms with Crippen LogP contribution in [0, 0.1) is 0 Å². The minimum Gasteiger partial charge on any atom is -0.306 e. The van der Waals surface area contributed by atoms with Crippen molar-refractivity contribution in [3.05, 3.63) is 94.0 Å². The van der Waals surface area contributed by atoms with E-state index in [-0.39, 0.29) is 4.90 Å². The summed E-state index contributed by atoms with van der Waals surface area (Å²) in [5.74, 6) is 0. The lowest BCUT2D eigenvalue weighted by molar-refractivity contribution is 0.352. The molecule has 0 atom stereocenters. The highest BCUT2D eigenvalue weighted by Crippen LogP contribution is 2.23. The number of fused-ring (bicyclic) bond motifs is 1. The van der Waals surface area contributed by atoms with Gasteiger partial charge in [-0.25, -0.2) is 8.42 Å². The minimum absolute atomic E-state index is 0.261. The van der Waals surface area contributed by atoms with Crippen molar-refractivity contribution < 1.29 is 8.42 Å². The Labute approximate surface area is 183 Å². The number of hydrogen-bond acceptors (Lipinski definition) is 3. The van der Waals surface area contributed by atoms with Gasteiger partial charge >= 0.3 is 0 Å². The first-order valence-electron chi connectivity index (χ1n) is 10.1. The van der Waals surface area contributed by atoms with Crippen LogP contribution in [-0.2, 0) is 29.3 Å². The summed E-state index contributed by atoms with van der Waals surface area (Å²) in [6, 6.07) is 20.6. The summed E-state index contributed by atoms with van der Waals surface area (Å²) in [5.41, 5.74) is 5.31. The number of anilines is 1. The maximum Gasteiger partial charge on any atom is 0.261 e. The fourth-order valence-electron chi connectivity index (χ4n) is 3.74. The van der Waals surface area contributed by atoms with E-state index in [0.29, 0.717) is 10.7 Å². The number of rotatable bonds is 5. The van der Waals surface area contributed by atoms with Crippen LogP contribution < -0.4 is 4.72 Å². The summed E-state index contributed by atoms with van der Waals surface area (Å²) < 4.78 is 28.5. The molecule has 4 nitrogen and oxygen atoms in total. The molecule has 3 aromatic rings. The lowest BCUT2D eigenvalue weighted by Gasteiger charge is -2.12. The highest BCUT2D eigenvalue weighted by molar-refractivity contribution is 7.92. The Morgan fingerprint density at radius 1 is 0.867 bits per heavy atom. The Kier molecular flexibility index (Phi) is 6.14. The van der Waals surface area contributed by atoms with Crippen molar-refractivity contribution in [2.75, 3.05) is 24.9 Å². The van der Waals surface area contributed by atoms with Gasteiger partial charge in [-0.05, 0) is 85.0 Å². The van der Waals surface area contributed by atoms with Gasteiger partial charge in [0, 0.05) is 23.8 Å². The second-order valence-corrected chi connectivity index (χ2v) is 9.96. The molecule has 6 heteroatoms. The van der Waals surface area contributed by atoms with Crippen molar-refractivity contribution in [3.63, 3.8) is 0 Å². The van der Waals surface area contributed by atoms with E-state index in [1.807, 2.05) is 54.6 Å². The second kappa shape index (κ2) is 8.80. The van der Waals surface area contributed by atoms with E-state index in [2.05, 4.69) is 16.7 Å². The average Bonchev–Trinajstić information content (AvgIpc) is 2.91. The van der Waals surface area contributed by atoms with E-state index in [0.717, 1.165) is 43.5 Å². The molecule has 0 fully saturated rings. The number of hydrogen-bond donors (Lipinski definition) is 1. The van der Waals surface area contributed by atoms with Crippen LogP contribution in [0.1, 0.15) is 22.3 Å². The van der Waals surface area contributed by atoms with Crippen LogP contribution >= 0.6 is 11.6 Å². The quantitative estimate of drug-likeness (QED) is 0.622. The van der Waals surface area contributed by atoms with Gasteiger partial charge in [0.25, 0.3) is 10.0 Å². The zero-order valence-electron chi connectivity index (χ0n) is 16.9. The third-order valence-corrected chi connectivity index (χ3v) is 7.19. The van der Waals surface area contributed by atoms with E-state index >= 15 is 0 Å². The van der Waals surface area contributed by atoms with Gasteiger partial charge in [-0.3, -0.25) is 4.72 Å². The molecule has 3 aromatic carbocycles. The highest BCUT2D eigenvalue weighted by Gasteiger charge is 2.16. The van der Waals surface area contributed by atoms with Crippen molar-refractivity contribution in [3.8, 4) is 0 Å². The first-order chi connectivity index (χ1) is 14.4. The van der Waals surface area contributed by atoms with Crippen molar-refractivity contribution in [1.82, 2.24) is 4.90 Å². The molecule has 0 radical (unpaired) electrons. The van der Waals surface area contributed by atoms with Crippen LogP contribution in [0.2, 0.25) is 5.02 Å². The lowest BCUT2D eigenvalue weighted by atomic mass is 10.0. The Hall–Kier alpha value is -2.34. The minimum atomic E-state index is -3.63. The van der Waals surface area contributed by atoms with E-state index in [1.54, 1.807) is 12.1 Å². The van der Waals surface area contributed by atoms with Gasteiger partial charge in [0.2, 0.25) is 0 Å². The zero-order chi connectivity index (χ0) is 21.1. The largest absolute Gasteiger partial charge is 0.306 e. The molecule has 1 heterocycles. The summed E-state index contributed by atoms with van der Waals surface area (Å²) >= 11 is 5.93.